The van der Waals surface area contributed by atoms with Crippen LogP contribution in [0.3, 0.4) is 0 Å². The van der Waals surface area contributed by atoms with Crippen molar-refractivity contribution in [2.75, 3.05) is 5.32 Å². The van der Waals surface area contributed by atoms with Crippen LogP contribution in [0.25, 0.3) is 0 Å². The van der Waals surface area contributed by atoms with Crippen LogP contribution in [-0.2, 0) is 7.05 Å². The average molecular weight is 215 g/mol. The number of aromatic nitrogens is 1. The topological polar surface area (TPSA) is 15.9 Å². The average Bonchev–Trinajstić information content (AvgIpc) is 2.27. The summed E-state index contributed by atoms with van der Waals surface area (Å²) in [7, 11) is 2.06. The highest BCUT2D eigenvalue weighted by Gasteiger charge is 2.22. The number of nitrogens with zero attached hydrogens (tertiary/aromatic N) is 1. The Hall–Kier alpha value is -1.48. The van der Waals surface area contributed by atoms with Gasteiger partial charge in [-0.2, -0.15) is 0 Å². The highest BCUT2D eigenvalue weighted by Crippen LogP contribution is 2.41. The van der Waals surface area contributed by atoms with E-state index in [1.165, 1.54) is 21.3 Å². The fourth-order valence-electron chi connectivity index (χ4n) is 1.72. The van der Waals surface area contributed by atoms with Crippen LogP contribution < -0.4 is 9.88 Å². The predicted octanol–water partition coefficient (Wildman–Crippen LogP) is 2.72. The minimum absolute atomic E-state index is 1.17. The van der Waals surface area contributed by atoms with Gasteiger partial charge in [0.05, 0.1) is 18.1 Å². The van der Waals surface area contributed by atoms with E-state index in [2.05, 4.69) is 59.5 Å². The Morgan fingerprint density at radius 2 is 1.87 bits per heavy atom. The number of pyridine rings is 1. The van der Waals surface area contributed by atoms with Gasteiger partial charge in [-0.3, -0.25) is 0 Å². The van der Waals surface area contributed by atoms with Gasteiger partial charge in [0.2, 0.25) is 0 Å². The van der Waals surface area contributed by atoms with E-state index in [1.807, 2.05) is 11.8 Å². The summed E-state index contributed by atoms with van der Waals surface area (Å²) in [4.78, 5) is 2.56. The zero-order valence-electron chi connectivity index (χ0n) is 8.40. The molecule has 1 aromatic carbocycles. The number of benzene rings is 1. The molecular formula is C12H11N2S+. The molecule has 0 saturated carbocycles. The minimum Gasteiger partial charge on any atom is -0.239 e. The standard InChI is InChI=1S/C12H10N2S/c1-14-8-4-7-11-12(14)13-9-5-2-3-6-10(9)15-11/h2-8H,1H3/p+1. The van der Waals surface area contributed by atoms with Gasteiger partial charge in [-0.05, 0) is 24.3 Å². The lowest BCUT2D eigenvalue weighted by atomic mass is 10.3. The number of rotatable bonds is 0. The van der Waals surface area contributed by atoms with Crippen molar-refractivity contribution >= 4 is 23.3 Å². The molecule has 0 saturated heterocycles. The van der Waals surface area contributed by atoms with Gasteiger partial charge in [0, 0.05) is 0 Å². The van der Waals surface area contributed by atoms with Gasteiger partial charge in [-0.25, -0.2) is 9.88 Å². The molecule has 0 spiro atoms. The first-order chi connectivity index (χ1) is 7.34. The fourth-order valence-corrected chi connectivity index (χ4v) is 2.77. The Morgan fingerprint density at radius 3 is 2.80 bits per heavy atom. The third-order valence-corrected chi connectivity index (χ3v) is 3.63. The molecule has 2 nitrogen and oxygen atoms in total. The Labute approximate surface area is 93.0 Å². The van der Waals surface area contributed by atoms with E-state index < -0.39 is 0 Å². The molecule has 0 amide bonds. The summed E-state index contributed by atoms with van der Waals surface area (Å²) in [5.41, 5.74) is 1.19. The van der Waals surface area contributed by atoms with Crippen molar-refractivity contribution in [3.8, 4) is 0 Å². The van der Waals surface area contributed by atoms with Crippen LogP contribution in [0.2, 0.25) is 0 Å². The Balaban J connectivity index is 2.15. The molecule has 0 fully saturated rings. The summed E-state index contributed by atoms with van der Waals surface area (Å²) >= 11 is 1.81. The molecule has 3 heteroatoms. The zero-order chi connectivity index (χ0) is 10.3. The quantitative estimate of drug-likeness (QED) is 0.580. The first kappa shape index (κ1) is 8.80. The molecule has 1 N–H and O–H groups in total. The number of hydrogen-bond donors (Lipinski definition) is 1. The van der Waals surface area contributed by atoms with Crippen molar-refractivity contribution in [2.45, 2.75) is 9.79 Å². The van der Waals surface area contributed by atoms with Gasteiger partial charge in [0.1, 0.15) is 10.6 Å². The zero-order valence-corrected chi connectivity index (χ0v) is 9.21. The Kier molecular flexibility index (Phi) is 1.92. The summed E-state index contributed by atoms with van der Waals surface area (Å²) in [5, 5.41) is 3.45. The number of anilines is 2. The second-order valence-electron chi connectivity index (χ2n) is 3.56. The van der Waals surface area contributed by atoms with Crippen LogP contribution >= 0.6 is 11.8 Å². The van der Waals surface area contributed by atoms with Crippen molar-refractivity contribution in [1.29, 1.82) is 0 Å². The number of nitrogens with one attached hydrogen (secondary N) is 1. The lowest BCUT2D eigenvalue weighted by molar-refractivity contribution is -0.658. The van der Waals surface area contributed by atoms with E-state index in [0.29, 0.717) is 0 Å². The molecule has 15 heavy (non-hydrogen) atoms. The predicted molar refractivity (Wildman–Crippen MR) is 61.5 cm³/mol. The summed E-state index contributed by atoms with van der Waals surface area (Å²) in [5.74, 6) is 1.17. The fraction of sp³-hybridized carbons (Fsp3) is 0.0833. The van der Waals surface area contributed by atoms with Gasteiger partial charge in [-0.15, -0.1) is 0 Å². The minimum atomic E-state index is 1.17. The molecular weight excluding hydrogens is 204 g/mol. The van der Waals surface area contributed by atoms with Crippen LogP contribution in [0, 0.1) is 0 Å². The van der Waals surface area contributed by atoms with E-state index in [4.69, 9.17) is 0 Å². The molecule has 0 radical (unpaired) electrons. The Morgan fingerprint density at radius 1 is 1.07 bits per heavy atom. The molecule has 2 aromatic rings. The second kappa shape index (κ2) is 3.28. The van der Waals surface area contributed by atoms with E-state index in [-0.39, 0.29) is 0 Å². The lowest BCUT2D eigenvalue weighted by Crippen LogP contribution is -2.32. The third-order valence-electron chi connectivity index (χ3n) is 2.50. The molecule has 0 atom stereocenters. The molecule has 1 aliphatic rings. The number of aryl methyl sites for hydroxylation is 1. The maximum absolute atomic E-state index is 3.45. The van der Waals surface area contributed by atoms with Crippen molar-refractivity contribution in [3.05, 3.63) is 42.6 Å². The van der Waals surface area contributed by atoms with Crippen LogP contribution in [0.1, 0.15) is 0 Å². The van der Waals surface area contributed by atoms with Crippen molar-refractivity contribution in [2.24, 2.45) is 7.05 Å². The first-order valence-corrected chi connectivity index (χ1v) is 5.69. The maximum Gasteiger partial charge on any atom is 0.293 e. The summed E-state index contributed by atoms with van der Waals surface area (Å²) in [6, 6.07) is 12.6. The van der Waals surface area contributed by atoms with Crippen molar-refractivity contribution in [3.63, 3.8) is 0 Å². The highest BCUT2D eigenvalue weighted by atomic mass is 32.2. The molecule has 0 unspecified atom stereocenters. The Bertz CT molecular complexity index is 523. The van der Waals surface area contributed by atoms with Crippen molar-refractivity contribution in [1.82, 2.24) is 0 Å². The van der Waals surface area contributed by atoms with Crippen LogP contribution in [0.4, 0.5) is 11.5 Å². The molecule has 3 rings (SSSR count). The van der Waals surface area contributed by atoms with Crippen LogP contribution in [-0.4, -0.2) is 0 Å². The largest absolute Gasteiger partial charge is 0.293 e. The molecule has 2 heterocycles. The molecule has 74 valence electrons. The molecule has 1 aliphatic heterocycles. The SMILES string of the molecule is C[n+]1cccc2c1Nc1ccccc1S2. The van der Waals surface area contributed by atoms with Crippen LogP contribution in [0.5, 0.6) is 0 Å². The van der Waals surface area contributed by atoms with Gasteiger partial charge in [0.25, 0.3) is 5.82 Å². The summed E-state index contributed by atoms with van der Waals surface area (Å²) in [6.45, 7) is 0. The molecule has 0 aliphatic carbocycles. The number of fused-ring (bicyclic) bond motifs is 2. The maximum atomic E-state index is 3.45. The highest BCUT2D eigenvalue weighted by molar-refractivity contribution is 7.99. The summed E-state index contributed by atoms with van der Waals surface area (Å²) < 4.78 is 2.11. The van der Waals surface area contributed by atoms with Gasteiger partial charge < -0.3 is 0 Å². The number of hydrogen-bond acceptors (Lipinski definition) is 2. The van der Waals surface area contributed by atoms with Gasteiger partial charge in [-0.1, -0.05) is 23.9 Å². The van der Waals surface area contributed by atoms with Gasteiger partial charge >= 0.3 is 0 Å². The monoisotopic (exact) mass is 215 g/mol. The smallest absolute Gasteiger partial charge is 0.239 e. The first-order valence-electron chi connectivity index (χ1n) is 4.87. The van der Waals surface area contributed by atoms with E-state index in [0.717, 1.165) is 0 Å². The van der Waals surface area contributed by atoms with E-state index >= 15 is 0 Å². The normalized spacial score (nSPS) is 12.6. The number of para-hydroxylation sites is 1. The second-order valence-corrected chi connectivity index (χ2v) is 4.64. The summed E-state index contributed by atoms with van der Waals surface area (Å²) in [6.07, 6.45) is 2.06. The lowest BCUT2D eigenvalue weighted by Gasteiger charge is -2.15. The van der Waals surface area contributed by atoms with Crippen molar-refractivity contribution < 1.29 is 4.57 Å². The van der Waals surface area contributed by atoms with Crippen LogP contribution in [0.15, 0.2) is 52.4 Å². The third kappa shape index (κ3) is 1.39. The van der Waals surface area contributed by atoms with E-state index in [1.54, 1.807) is 0 Å². The molecule has 0 bridgehead atoms. The molecule has 1 aromatic heterocycles. The van der Waals surface area contributed by atoms with E-state index in [9.17, 15) is 0 Å². The van der Waals surface area contributed by atoms with Gasteiger partial charge in [0.15, 0.2) is 0 Å².